The third-order valence-electron chi connectivity index (χ3n) is 1.31. The molecule has 0 bridgehead atoms. The van der Waals surface area contributed by atoms with E-state index in [0.29, 0.717) is 6.54 Å². The van der Waals surface area contributed by atoms with Crippen molar-refractivity contribution in [1.29, 1.82) is 0 Å². The average Bonchev–Trinajstić information content (AvgIpc) is 1.96. The molecule has 0 fully saturated rings. The highest BCUT2D eigenvalue weighted by atomic mass is 19.3. The molecule has 11 heavy (non-hydrogen) atoms. The first kappa shape index (κ1) is 10.8. The van der Waals surface area contributed by atoms with Crippen molar-refractivity contribution in [1.82, 2.24) is 5.32 Å². The molecule has 2 nitrogen and oxygen atoms in total. The Hall–Kier alpha value is -0.220. The van der Waals surface area contributed by atoms with Gasteiger partial charge < -0.3 is 10.4 Å². The fourth-order valence-corrected chi connectivity index (χ4v) is 0.750. The number of rotatable bonds is 7. The molecule has 0 atom stereocenters. The zero-order valence-electron chi connectivity index (χ0n) is 6.52. The van der Waals surface area contributed by atoms with E-state index < -0.39 is 6.43 Å². The fourth-order valence-electron chi connectivity index (χ4n) is 0.750. The van der Waals surface area contributed by atoms with Crippen molar-refractivity contribution in [2.45, 2.75) is 25.7 Å². The maximum absolute atomic E-state index is 11.5. The molecular formula is C7H15F2NO. The lowest BCUT2D eigenvalue weighted by Gasteiger charge is -2.02. The second-order valence-corrected chi connectivity index (χ2v) is 2.38. The minimum Gasteiger partial charge on any atom is -0.396 e. The quantitative estimate of drug-likeness (QED) is 0.554. The Bertz CT molecular complexity index is 80.8. The zero-order valence-corrected chi connectivity index (χ0v) is 6.52. The Morgan fingerprint density at radius 2 is 1.91 bits per heavy atom. The summed E-state index contributed by atoms with van der Waals surface area (Å²) in [6.07, 6.45) is 0.254. The minimum atomic E-state index is -2.26. The lowest BCUT2D eigenvalue weighted by atomic mass is 10.2. The zero-order chi connectivity index (χ0) is 8.53. The van der Waals surface area contributed by atoms with Crippen molar-refractivity contribution < 1.29 is 13.9 Å². The van der Waals surface area contributed by atoms with Crippen LogP contribution in [0.5, 0.6) is 0 Å². The highest BCUT2D eigenvalue weighted by molar-refractivity contribution is 4.49. The molecule has 0 aromatic heterocycles. The number of nitrogens with one attached hydrogen (secondary N) is 1. The standard InChI is InChI=1S/C7H15F2NO/c8-7(9)6-10-4-2-1-3-5-11/h7,10-11H,1-6H2. The molecule has 0 spiro atoms. The molecule has 0 radical (unpaired) electrons. The SMILES string of the molecule is OCCCCCNCC(F)F. The Labute approximate surface area is 65.6 Å². The van der Waals surface area contributed by atoms with E-state index in [1.54, 1.807) is 0 Å². The Morgan fingerprint density at radius 3 is 2.45 bits per heavy atom. The smallest absolute Gasteiger partial charge is 0.250 e. The number of aliphatic hydroxyl groups excluding tert-OH is 1. The lowest BCUT2D eigenvalue weighted by molar-refractivity contribution is 0.146. The number of aliphatic hydroxyl groups is 1. The van der Waals surface area contributed by atoms with Gasteiger partial charge in [-0.2, -0.15) is 0 Å². The first-order valence-electron chi connectivity index (χ1n) is 3.87. The van der Waals surface area contributed by atoms with Crippen LogP contribution in [-0.4, -0.2) is 31.2 Å². The van der Waals surface area contributed by atoms with Crippen molar-refractivity contribution in [3.05, 3.63) is 0 Å². The van der Waals surface area contributed by atoms with Crippen LogP contribution in [0.15, 0.2) is 0 Å². The van der Waals surface area contributed by atoms with Gasteiger partial charge in [0.2, 0.25) is 0 Å². The van der Waals surface area contributed by atoms with Crippen LogP contribution in [-0.2, 0) is 0 Å². The molecule has 68 valence electrons. The average molecular weight is 167 g/mol. The van der Waals surface area contributed by atoms with E-state index in [2.05, 4.69) is 5.32 Å². The maximum atomic E-state index is 11.5. The number of unbranched alkanes of at least 4 members (excludes halogenated alkanes) is 2. The van der Waals surface area contributed by atoms with Gasteiger partial charge in [-0.25, -0.2) is 8.78 Å². The third kappa shape index (κ3) is 9.78. The molecule has 0 aliphatic rings. The van der Waals surface area contributed by atoms with Crippen molar-refractivity contribution >= 4 is 0 Å². The molecule has 4 heteroatoms. The van der Waals surface area contributed by atoms with Crippen molar-refractivity contribution in [2.24, 2.45) is 0 Å². The van der Waals surface area contributed by atoms with Crippen LogP contribution in [0.4, 0.5) is 8.78 Å². The van der Waals surface area contributed by atoms with E-state index in [1.165, 1.54) is 0 Å². The highest BCUT2D eigenvalue weighted by Gasteiger charge is 1.98. The first-order chi connectivity index (χ1) is 5.27. The predicted molar refractivity (Wildman–Crippen MR) is 39.8 cm³/mol. The van der Waals surface area contributed by atoms with Gasteiger partial charge in [-0.1, -0.05) is 0 Å². The monoisotopic (exact) mass is 167 g/mol. The fraction of sp³-hybridized carbons (Fsp3) is 1.00. The summed E-state index contributed by atoms with van der Waals surface area (Å²) in [6, 6.07) is 0. The number of halogens is 2. The van der Waals surface area contributed by atoms with Gasteiger partial charge in [0.05, 0.1) is 6.54 Å². The molecule has 0 rings (SSSR count). The van der Waals surface area contributed by atoms with Crippen LogP contribution >= 0.6 is 0 Å². The normalized spacial score (nSPS) is 10.9. The molecule has 0 saturated heterocycles. The Balaban J connectivity index is 2.80. The van der Waals surface area contributed by atoms with E-state index in [9.17, 15) is 8.78 Å². The number of hydrogen-bond acceptors (Lipinski definition) is 2. The number of hydrogen-bond donors (Lipinski definition) is 2. The van der Waals surface area contributed by atoms with Gasteiger partial charge in [-0.05, 0) is 25.8 Å². The largest absolute Gasteiger partial charge is 0.396 e. The minimum absolute atomic E-state index is 0.189. The van der Waals surface area contributed by atoms with Crippen molar-refractivity contribution in [3.8, 4) is 0 Å². The van der Waals surface area contributed by atoms with Crippen LogP contribution in [0.2, 0.25) is 0 Å². The molecule has 0 heterocycles. The lowest BCUT2D eigenvalue weighted by Crippen LogP contribution is -2.22. The Kier molecular flexibility index (Phi) is 7.72. The third-order valence-corrected chi connectivity index (χ3v) is 1.31. The van der Waals surface area contributed by atoms with Gasteiger partial charge >= 0.3 is 0 Å². The van der Waals surface area contributed by atoms with E-state index in [-0.39, 0.29) is 13.2 Å². The van der Waals surface area contributed by atoms with E-state index >= 15 is 0 Å². The number of alkyl halides is 2. The highest BCUT2D eigenvalue weighted by Crippen LogP contribution is 1.93. The molecule has 0 saturated carbocycles. The molecule has 0 aromatic rings. The van der Waals surface area contributed by atoms with Gasteiger partial charge in [0.1, 0.15) is 0 Å². The van der Waals surface area contributed by atoms with Crippen molar-refractivity contribution in [2.75, 3.05) is 19.7 Å². The summed E-state index contributed by atoms with van der Waals surface area (Å²) in [5, 5.41) is 11.0. The van der Waals surface area contributed by atoms with Crippen LogP contribution in [0.25, 0.3) is 0 Å². The molecular weight excluding hydrogens is 152 g/mol. The summed E-state index contributed by atoms with van der Waals surface area (Å²) >= 11 is 0. The summed E-state index contributed by atoms with van der Waals surface area (Å²) in [7, 11) is 0. The van der Waals surface area contributed by atoms with Gasteiger partial charge in [0.25, 0.3) is 6.43 Å². The maximum Gasteiger partial charge on any atom is 0.250 e. The summed E-state index contributed by atoms with van der Waals surface area (Å²) in [5.41, 5.74) is 0. The molecule has 0 aromatic carbocycles. The molecule has 0 amide bonds. The molecule has 0 aliphatic heterocycles. The van der Waals surface area contributed by atoms with Crippen LogP contribution in [0.3, 0.4) is 0 Å². The predicted octanol–water partition coefficient (Wildman–Crippen LogP) is 1.00. The van der Waals surface area contributed by atoms with E-state index in [0.717, 1.165) is 19.3 Å². The summed E-state index contributed by atoms with van der Waals surface area (Å²) in [6.45, 7) is 0.582. The topological polar surface area (TPSA) is 32.3 Å². The summed E-state index contributed by atoms with van der Waals surface area (Å²) in [5.74, 6) is 0. The van der Waals surface area contributed by atoms with Gasteiger partial charge in [-0.3, -0.25) is 0 Å². The van der Waals surface area contributed by atoms with E-state index in [1.807, 2.05) is 0 Å². The van der Waals surface area contributed by atoms with Gasteiger partial charge in [-0.15, -0.1) is 0 Å². The Morgan fingerprint density at radius 1 is 1.18 bits per heavy atom. The van der Waals surface area contributed by atoms with Gasteiger partial charge in [0, 0.05) is 6.61 Å². The first-order valence-corrected chi connectivity index (χ1v) is 3.87. The molecule has 0 aliphatic carbocycles. The van der Waals surface area contributed by atoms with Crippen LogP contribution in [0, 0.1) is 0 Å². The molecule has 0 unspecified atom stereocenters. The van der Waals surface area contributed by atoms with E-state index in [4.69, 9.17) is 5.11 Å². The summed E-state index contributed by atoms with van der Waals surface area (Å²) < 4.78 is 23.0. The summed E-state index contributed by atoms with van der Waals surface area (Å²) in [4.78, 5) is 0. The molecule has 2 N–H and O–H groups in total. The second kappa shape index (κ2) is 7.88. The second-order valence-electron chi connectivity index (χ2n) is 2.38. The van der Waals surface area contributed by atoms with Crippen molar-refractivity contribution in [3.63, 3.8) is 0 Å². The van der Waals surface area contributed by atoms with Crippen LogP contribution in [0.1, 0.15) is 19.3 Å². The van der Waals surface area contributed by atoms with Crippen LogP contribution < -0.4 is 5.32 Å². The van der Waals surface area contributed by atoms with Gasteiger partial charge in [0.15, 0.2) is 0 Å².